The van der Waals surface area contributed by atoms with Crippen LogP contribution in [-0.2, 0) is 16.0 Å². The second kappa shape index (κ2) is 8.01. The van der Waals surface area contributed by atoms with Crippen molar-refractivity contribution in [1.29, 1.82) is 0 Å². The zero-order chi connectivity index (χ0) is 18.0. The fourth-order valence-electron chi connectivity index (χ4n) is 3.11. The van der Waals surface area contributed by atoms with Crippen LogP contribution in [0.2, 0.25) is 5.02 Å². The SMILES string of the molecule is O=NCCSC1Cc2c(ccc(C(=O)C3C(=O)CCCC3=O)c2Cl)S1. The Labute approximate surface area is 158 Å². The predicted molar refractivity (Wildman–Crippen MR) is 99.6 cm³/mol. The van der Waals surface area contributed by atoms with E-state index in [1.807, 2.05) is 6.07 Å². The molecule has 0 N–H and O–H groups in total. The quantitative estimate of drug-likeness (QED) is 0.313. The van der Waals surface area contributed by atoms with Crippen molar-refractivity contribution in [2.75, 3.05) is 12.3 Å². The molecule has 2 aliphatic rings. The molecule has 1 aliphatic carbocycles. The van der Waals surface area contributed by atoms with E-state index in [1.165, 1.54) is 0 Å². The van der Waals surface area contributed by atoms with Gasteiger partial charge in [-0.1, -0.05) is 16.8 Å². The highest BCUT2D eigenvalue weighted by Crippen LogP contribution is 2.46. The summed E-state index contributed by atoms with van der Waals surface area (Å²) in [5.74, 6) is -1.64. The summed E-state index contributed by atoms with van der Waals surface area (Å²) in [5, 5.41) is 3.20. The number of hydrogen-bond acceptors (Lipinski definition) is 7. The monoisotopic (exact) mass is 397 g/mol. The van der Waals surface area contributed by atoms with E-state index in [9.17, 15) is 19.3 Å². The second-order valence-electron chi connectivity index (χ2n) is 5.96. The van der Waals surface area contributed by atoms with Crippen molar-refractivity contribution in [2.24, 2.45) is 11.1 Å². The lowest BCUT2D eigenvalue weighted by Crippen LogP contribution is -2.35. The van der Waals surface area contributed by atoms with E-state index in [4.69, 9.17) is 11.6 Å². The average molecular weight is 398 g/mol. The van der Waals surface area contributed by atoms with Crippen molar-refractivity contribution >= 4 is 52.5 Å². The van der Waals surface area contributed by atoms with Gasteiger partial charge in [0.1, 0.15) is 5.92 Å². The number of carbonyl (C=O) groups excluding carboxylic acids is 3. The molecule has 132 valence electrons. The smallest absolute Gasteiger partial charge is 0.182 e. The largest absolute Gasteiger partial charge is 0.298 e. The Morgan fingerprint density at radius 3 is 2.68 bits per heavy atom. The van der Waals surface area contributed by atoms with E-state index in [1.54, 1.807) is 29.6 Å². The minimum Gasteiger partial charge on any atom is -0.298 e. The summed E-state index contributed by atoms with van der Waals surface area (Å²) in [6, 6.07) is 3.45. The van der Waals surface area contributed by atoms with E-state index in [0.29, 0.717) is 23.6 Å². The number of nitroso groups, excluding NO2 is 1. The van der Waals surface area contributed by atoms with Crippen LogP contribution in [0, 0.1) is 10.8 Å². The maximum Gasteiger partial charge on any atom is 0.182 e. The maximum absolute atomic E-state index is 12.7. The fraction of sp³-hybridized carbons (Fsp3) is 0.471. The molecule has 0 aromatic heterocycles. The lowest BCUT2D eigenvalue weighted by molar-refractivity contribution is -0.133. The number of ketones is 3. The van der Waals surface area contributed by atoms with Crippen LogP contribution in [0.3, 0.4) is 0 Å². The molecule has 1 unspecified atom stereocenters. The van der Waals surface area contributed by atoms with Crippen molar-refractivity contribution in [3.63, 3.8) is 0 Å². The molecule has 3 rings (SSSR count). The highest BCUT2D eigenvalue weighted by atomic mass is 35.5. The molecule has 1 aromatic carbocycles. The van der Waals surface area contributed by atoms with Crippen molar-refractivity contribution in [3.8, 4) is 0 Å². The topological polar surface area (TPSA) is 80.6 Å². The third-order valence-electron chi connectivity index (χ3n) is 4.33. The molecule has 0 bridgehead atoms. The minimum atomic E-state index is -1.19. The summed E-state index contributed by atoms with van der Waals surface area (Å²) in [6.07, 6.45) is 1.73. The molecule has 5 nitrogen and oxygen atoms in total. The van der Waals surface area contributed by atoms with Gasteiger partial charge in [0.05, 0.1) is 16.1 Å². The van der Waals surface area contributed by atoms with Crippen molar-refractivity contribution in [3.05, 3.63) is 33.2 Å². The number of carbonyl (C=O) groups is 3. The van der Waals surface area contributed by atoms with Crippen LogP contribution in [0.15, 0.2) is 22.2 Å². The van der Waals surface area contributed by atoms with Gasteiger partial charge >= 0.3 is 0 Å². The summed E-state index contributed by atoms with van der Waals surface area (Å²) in [7, 11) is 0. The first-order valence-corrected chi connectivity index (χ1v) is 10.3. The first-order chi connectivity index (χ1) is 12.0. The Morgan fingerprint density at radius 2 is 2.00 bits per heavy atom. The Kier molecular flexibility index (Phi) is 5.96. The number of rotatable bonds is 6. The summed E-state index contributed by atoms with van der Waals surface area (Å²) in [6.45, 7) is 0.265. The molecular weight excluding hydrogens is 382 g/mol. The van der Waals surface area contributed by atoms with Crippen LogP contribution in [0.5, 0.6) is 0 Å². The van der Waals surface area contributed by atoms with Crippen LogP contribution in [0.25, 0.3) is 0 Å². The van der Waals surface area contributed by atoms with Crippen molar-refractivity contribution in [2.45, 2.75) is 35.2 Å². The third-order valence-corrected chi connectivity index (χ3v) is 7.49. The van der Waals surface area contributed by atoms with Gasteiger partial charge in [-0.25, -0.2) is 0 Å². The molecule has 25 heavy (non-hydrogen) atoms. The molecule has 1 fully saturated rings. The van der Waals surface area contributed by atoms with Crippen LogP contribution >= 0.6 is 35.1 Å². The highest BCUT2D eigenvalue weighted by Gasteiger charge is 2.38. The fourth-order valence-corrected chi connectivity index (χ4v) is 6.11. The van der Waals surface area contributed by atoms with Crippen LogP contribution < -0.4 is 0 Å². The molecule has 1 heterocycles. The standard InChI is InChI=1S/C17H16ClNO4S2/c18-16-9(17(22)15-11(20)2-1-3-12(15)21)4-5-13-10(16)8-14(25-13)24-7-6-19-23/h4-5,14-15H,1-3,6-8H2. The van der Waals surface area contributed by atoms with E-state index in [-0.39, 0.29) is 41.1 Å². The number of fused-ring (bicyclic) bond motifs is 1. The summed E-state index contributed by atoms with van der Waals surface area (Å²) in [4.78, 5) is 48.0. The zero-order valence-corrected chi connectivity index (χ0v) is 15.7. The summed E-state index contributed by atoms with van der Waals surface area (Å²) < 4.78 is 0.220. The molecular formula is C17H16ClNO4S2. The molecule has 0 saturated heterocycles. The molecule has 0 amide bonds. The molecule has 1 saturated carbocycles. The molecule has 1 aromatic rings. The average Bonchev–Trinajstić information content (AvgIpc) is 2.99. The van der Waals surface area contributed by atoms with Crippen molar-refractivity contribution in [1.82, 2.24) is 0 Å². The number of halogens is 1. The van der Waals surface area contributed by atoms with E-state index >= 15 is 0 Å². The Hall–Kier alpha value is -1.18. The highest BCUT2D eigenvalue weighted by molar-refractivity contribution is 8.17. The maximum atomic E-state index is 12.7. The van der Waals surface area contributed by atoms with Gasteiger partial charge < -0.3 is 0 Å². The number of nitrogens with zero attached hydrogens (tertiary/aromatic N) is 1. The third kappa shape index (κ3) is 3.83. The number of benzene rings is 1. The molecule has 0 radical (unpaired) electrons. The van der Waals surface area contributed by atoms with Gasteiger partial charge in [-0.3, -0.25) is 14.4 Å². The van der Waals surface area contributed by atoms with Crippen LogP contribution in [0.1, 0.15) is 35.2 Å². The van der Waals surface area contributed by atoms with Gasteiger partial charge in [0.15, 0.2) is 17.3 Å². The normalized spacial score (nSPS) is 20.6. The molecule has 1 aliphatic heterocycles. The Balaban J connectivity index is 1.80. The predicted octanol–water partition coefficient (Wildman–Crippen LogP) is 3.93. The number of thioether (sulfide) groups is 2. The number of hydrogen-bond donors (Lipinski definition) is 0. The van der Waals surface area contributed by atoms with Gasteiger partial charge in [-0.05, 0) is 30.5 Å². The molecule has 8 heteroatoms. The Morgan fingerprint density at radius 1 is 1.28 bits per heavy atom. The van der Waals surface area contributed by atoms with Gasteiger partial charge in [0.25, 0.3) is 0 Å². The lowest BCUT2D eigenvalue weighted by atomic mass is 9.81. The summed E-state index contributed by atoms with van der Waals surface area (Å²) in [5.41, 5.74) is 1.14. The second-order valence-corrected chi connectivity index (χ2v) is 9.19. The van der Waals surface area contributed by atoms with Gasteiger partial charge in [-0.2, -0.15) is 4.91 Å². The van der Waals surface area contributed by atoms with Crippen LogP contribution in [-0.4, -0.2) is 34.2 Å². The number of Topliss-reactive ketones (excluding diaryl/α,β-unsaturated/α-hetero) is 3. The first kappa shape index (κ1) is 18.6. The van der Waals surface area contributed by atoms with Gasteiger partial charge in [0, 0.05) is 29.1 Å². The minimum absolute atomic E-state index is 0.220. The van der Waals surface area contributed by atoms with Crippen molar-refractivity contribution < 1.29 is 14.4 Å². The van der Waals surface area contributed by atoms with E-state index in [2.05, 4.69) is 5.18 Å². The first-order valence-electron chi connectivity index (χ1n) is 8.01. The summed E-state index contributed by atoms with van der Waals surface area (Å²) >= 11 is 9.74. The van der Waals surface area contributed by atoms with E-state index < -0.39 is 11.7 Å². The van der Waals surface area contributed by atoms with Gasteiger partial charge in [0.2, 0.25) is 0 Å². The van der Waals surface area contributed by atoms with Crippen LogP contribution in [0.4, 0.5) is 0 Å². The molecule has 1 atom stereocenters. The van der Waals surface area contributed by atoms with E-state index in [0.717, 1.165) is 10.5 Å². The molecule has 0 spiro atoms. The zero-order valence-electron chi connectivity index (χ0n) is 13.3. The lowest BCUT2D eigenvalue weighted by Gasteiger charge is -2.19. The Bertz CT molecular complexity index is 736. The van der Waals surface area contributed by atoms with Gasteiger partial charge in [-0.15, -0.1) is 23.5 Å².